The van der Waals surface area contributed by atoms with Gasteiger partial charge < -0.3 is 15.4 Å². The molecule has 0 aromatic carbocycles. The van der Waals surface area contributed by atoms with Crippen LogP contribution >= 0.6 is 0 Å². The van der Waals surface area contributed by atoms with Crippen molar-refractivity contribution in [3.8, 4) is 0 Å². The van der Waals surface area contributed by atoms with Crippen LogP contribution in [0.25, 0.3) is 0 Å². The van der Waals surface area contributed by atoms with Crippen molar-refractivity contribution in [2.75, 3.05) is 13.2 Å². The molecule has 1 rings (SSSR count). The molecule has 4 nitrogen and oxygen atoms in total. The third kappa shape index (κ3) is 6.53. The molecule has 0 aromatic rings. The summed E-state index contributed by atoms with van der Waals surface area (Å²) in [6.07, 6.45) is 9.05. The Balaban J connectivity index is 2.20. The molecular weight excluding hydrogens is 252 g/mol. The highest BCUT2D eigenvalue weighted by Crippen LogP contribution is 2.11. The number of ether oxygens (including phenoxy) is 1. The van der Waals surface area contributed by atoms with Crippen molar-refractivity contribution in [1.82, 2.24) is 10.6 Å². The monoisotopic (exact) mass is 282 g/mol. The number of nitrogens with one attached hydrogen (secondary N) is 2. The highest BCUT2D eigenvalue weighted by atomic mass is 16.5. The lowest BCUT2D eigenvalue weighted by atomic mass is 10.1. The molecule has 0 spiro atoms. The van der Waals surface area contributed by atoms with Gasteiger partial charge in [0.2, 0.25) is 5.91 Å². The van der Waals surface area contributed by atoms with E-state index >= 15 is 0 Å². The van der Waals surface area contributed by atoms with Crippen LogP contribution in [0.5, 0.6) is 0 Å². The van der Waals surface area contributed by atoms with Crippen molar-refractivity contribution in [2.24, 2.45) is 0 Å². The molecule has 0 aromatic heterocycles. The van der Waals surface area contributed by atoms with Crippen molar-refractivity contribution < 1.29 is 9.53 Å². The van der Waals surface area contributed by atoms with Crippen LogP contribution in [0.3, 0.4) is 0 Å². The number of carbonyl (C=O) groups is 1. The molecule has 1 fully saturated rings. The largest absolute Gasteiger partial charge is 0.378 e. The maximum Gasteiger partial charge on any atom is 0.243 e. The molecule has 1 aliphatic rings. The molecule has 0 radical (unpaired) electrons. The number of carbonyl (C=O) groups excluding carboxylic acids is 1. The third-order valence-corrected chi connectivity index (χ3v) is 3.83. The summed E-state index contributed by atoms with van der Waals surface area (Å²) in [6, 6.07) is 0.735. The maximum absolute atomic E-state index is 11.4. The van der Waals surface area contributed by atoms with E-state index in [-0.39, 0.29) is 18.0 Å². The maximum atomic E-state index is 11.4. The molecule has 4 heteroatoms. The molecule has 1 amide bonds. The second kappa shape index (κ2) is 9.94. The van der Waals surface area contributed by atoms with Crippen LogP contribution in [-0.4, -0.2) is 37.2 Å². The number of hydrogen-bond acceptors (Lipinski definition) is 3. The van der Waals surface area contributed by atoms with Crippen LogP contribution in [0.2, 0.25) is 0 Å². The van der Waals surface area contributed by atoms with Crippen molar-refractivity contribution in [3.05, 3.63) is 12.7 Å². The number of hydrogen-bond donors (Lipinski definition) is 2. The minimum absolute atomic E-state index is 0.0584. The van der Waals surface area contributed by atoms with Gasteiger partial charge in [0.15, 0.2) is 0 Å². The van der Waals surface area contributed by atoms with Crippen LogP contribution in [0, 0.1) is 0 Å². The van der Waals surface area contributed by atoms with E-state index in [4.69, 9.17) is 4.74 Å². The van der Waals surface area contributed by atoms with E-state index in [1.54, 1.807) is 0 Å². The smallest absolute Gasteiger partial charge is 0.243 e. The van der Waals surface area contributed by atoms with Crippen molar-refractivity contribution in [2.45, 2.75) is 70.5 Å². The number of unbranched alkanes of at least 4 members (excludes halogenated alkanes) is 4. The first-order valence-electron chi connectivity index (χ1n) is 7.94. The van der Waals surface area contributed by atoms with Gasteiger partial charge in [-0.15, -0.1) is 0 Å². The topological polar surface area (TPSA) is 50.4 Å². The van der Waals surface area contributed by atoms with E-state index < -0.39 is 0 Å². The molecule has 0 aliphatic carbocycles. The predicted molar refractivity (Wildman–Crippen MR) is 82.7 cm³/mol. The SMILES string of the molecule is C=CC(=O)NC1COCC1NC(C)CCCCCCC. The van der Waals surface area contributed by atoms with E-state index in [1.165, 1.54) is 44.6 Å². The summed E-state index contributed by atoms with van der Waals surface area (Å²) in [6.45, 7) is 9.18. The Morgan fingerprint density at radius 1 is 1.30 bits per heavy atom. The minimum atomic E-state index is -0.125. The fraction of sp³-hybridized carbons (Fsp3) is 0.812. The fourth-order valence-electron chi connectivity index (χ4n) is 2.61. The highest BCUT2D eigenvalue weighted by molar-refractivity contribution is 5.87. The molecule has 0 saturated carbocycles. The van der Waals surface area contributed by atoms with E-state index in [1.807, 2.05) is 0 Å². The first kappa shape index (κ1) is 17.2. The predicted octanol–water partition coefficient (Wildman–Crippen LogP) is 2.39. The van der Waals surface area contributed by atoms with Gasteiger partial charge in [-0.2, -0.15) is 0 Å². The van der Waals surface area contributed by atoms with Crippen LogP contribution < -0.4 is 10.6 Å². The average molecular weight is 282 g/mol. The number of rotatable bonds is 10. The molecule has 2 N–H and O–H groups in total. The lowest BCUT2D eigenvalue weighted by Crippen LogP contribution is -2.51. The van der Waals surface area contributed by atoms with Crippen molar-refractivity contribution in [1.29, 1.82) is 0 Å². The van der Waals surface area contributed by atoms with Gasteiger partial charge in [-0.25, -0.2) is 0 Å². The Kier molecular flexibility index (Phi) is 8.54. The fourth-order valence-corrected chi connectivity index (χ4v) is 2.61. The molecule has 20 heavy (non-hydrogen) atoms. The zero-order chi connectivity index (χ0) is 14.8. The van der Waals surface area contributed by atoms with Gasteiger partial charge in [-0.1, -0.05) is 45.6 Å². The third-order valence-electron chi connectivity index (χ3n) is 3.83. The van der Waals surface area contributed by atoms with Gasteiger partial charge in [0.05, 0.1) is 25.3 Å². The first-order valence-corrected chi connectivity index (χ1v) is 7.94. The van der Waals surface area contributed by atoms with Gasteiger partial charge in [0.1, 0.15) is 0 Å². The van der Waals surface area contributed by atoms with E-state index in [0.29, 0.717) is 19.3 Å². The van der Waals surface area contributed by atoms with Crippen molar-refractivity contribution in [3.63, 3.8) is 0 Å². The zero-order valence-electron chi connectivity index (χ0n) is 13.0. The van der Waals surface area contributed by atoms with Crippen molar-refractivity contribution >= 4 is 5.91 Å². The Bertz CT molecular complexity index is 294. The van der Waals surface area contributed by atoms with Crippen LogP contribution in [0.1, 0.15) is 52.4 Å². The normalized spacial score (nSPS) is 23.5. The quantitative estimate of drug-likeness (QED) is 0.478. The average Bonchev–Trinajstić information content (AvgIpc) is 2.85. The minimum Gasteiger partial charge on any atom is -0.378 e. The van der Waals surface area contributed by atoms with Crippen LogP contribution in [0.15, 0.2) is 12.7 Å². The standard InChI is InChI=1S/C16H30N2O2/c1-4-6-7-8-9-10-13(3)17-14-11-20-12-15(14)18-16(19)5-2/h5,13-15,17H,2,4,6-12H2,1,3H3,(H,18,19). The van der Waals surface area contributed by atoms with Gasteiger partial charge in [-0.3, -0.25) is 4.79 Å². The van der Waals surface area contributed by atoms with Gasteiger partial charge in [0.25, 0.3) is 0 Å². The van der Waals surface area contributed by atoms with Gasteiger partial charge in [0, 0.05) is 6.04 Å². The van der Waals surface area contributed by atoms with E-state index in [2.05, 4.69) is 31.1 Å². The molecule has 3 atom stereocenters. The molecule has 0 bridgehead atoms. The molecule has 1 aliphatic heterocycles. The Morgan fingerprint density at radius 3 is 2.70 bits per heavy atom. The first-order chi connectivity index (χ1) is 9.67. The summed E-state index contributed by atoms with van der Waals surface area (Å²) in [5, 5.41) is 6.50. The lowest BCUT2D eigenvalue weighted by molar-refractivity contribution is -0.117. The molecule has 1 heterocycles. The second-order valence-electron chi connectivity index (χ2n) is 5.73. The molecule has 3 unspecified atom stereocenters. The van der Waals surface area contributed by atoms with Gasteiger partial charge in [-0.05, 0) is 19.4 Å². The summed E-state index contributed by atoms with van der Waals surface area (Å²) >= 11 is 0. The summed E-state index contributed by atoms with van der Waals surface area (Å²) in [4.78, 5) is 11.4. The van der Waals surface area contributed by atoms with Crippen LogP contribution in [-0.2, 0) is 9.53 Å². The summed E-state index contributed by atoms with van der Waals surface area (Å²) in [5.74, 6) is -0.125. The Morgan fingerprint density at radius 2 is 2.00 bits per heavy atom. The Hall–Kier alpha value is -0.870. The van der Waals surface area contributed by atoms with Gasteiger partial charge >= 0.3 is 0 Å². The van der Waals surface area contributed by atoms with Crippen LogP contribution in [0.4, 0.5) is 0 Å². The zero-order valence-corrected chi connectivity index (χ0v) is 13.0. The van der Waals surface area contributed by atoms with E-state index in [0.717, 1.165) is 0 Å². The molecule has 1 saturated heterocycles. The lowest BCUT2D eigenvalue weighted by Gasteiger charge is -2.24. The second-order valence-corrected chi connectivity index (χ2v) is 5.73. The highest BCUT2D eigenvalue weighted by Gasteiger charge is 2.29. The number of amides is 1. The molecular formula is C16H30N2O2. The summed E-state index contributed by atoms with van der Waals surface area (Å²) in [5.41, 5.74) is 0. The van der Waals surface area contributed by atoms with E-state index in [9.17, 15) is 4.79 Å². The molecule has 116 valence electrons. The summed E-state index contributed by atoms with van der Waals surface area (Å²) < 4.78 is 5.46. The summed E-state index contributed by atoms with van der Waals surface area (Å²) in [7, 11) is 0. The Labute approximate surface area is 123 Å².